The maximum Gasteiger partial charge on any atom is 0.252 e. The molecule has 3 nitrogen and oxygen atoms in total. The van der Waals surface area contributed by atoms with Crippen LogP contribution in [0.5, 0.6) is 0 Å². The second-order valence-corrected chi connectivity index (χ2v) is 23.1. The fraction of sp³-hybridized carbons (Fsp3) is 0.194. The molecule has 0 saturated carbocycles. The van der Waals surface area contributed by atoms with Crippen LogP contribution >= 0.6 is 0 Å². The molecule has 0 saturated heterocycles. The molecule has 4 heteroatoms. The number of nitrogens with zero attached hydrogens (tertiary/aromatic N) is 3. The van der Waals surface area contributed by atoms with Gasteiger partial charge in [-0.05, 0) is 157 Å². The Balaban J connectivity index is 1.11. The minimum absolute atomic E-state index is 0.0282. The zero-order chi connectivity index (χ0) is 48.9. The Morgan fingerprint density at radius 1 is 0.423 bits per heavy atom. The topological polar surface area (TPSA) is 11.4 Å². The van der Waals surface area contributed by atoms with Gasteiger partial charge in [0.05, 0.1) is 16.7 Å². The summed E-state index contributed by atoms with van der Waals surface area (Å²) in [7, 11) is 0. The predicted molar refractivity (Wildman–Crippen MR) is 305 cm³/mol. The zero-order valence-electron chi connectivity index (χ0n) is 42.7. The van der Waals surface area contributed by atoms with Gasteiger partial charge in [-0.3, -0.25) is 0 Å². The van der Waals surface area contributed by atoms with E-state index in [0.29, 0.717) is 0 Å². The average molecular weight is 918 g/mol. The lowest BCUT2D eigenvalue weighted by Crippen LogP contribution is -2.61. The lowest BCUT2D eigenvalue weighted by Gasteiger charge is -2.46. The first-order chi connectivity index (χ1) is 34.1. The van der Waals surface area contributed by atoms with E-state index in [4.69, 9.17) is 0 Å². The first kappa shape index (κ1) is 43.5. The number of para-hydroxylation sites is 3. The van der Waals surface area contributed by atoms with Gasteiger partial charge in [-0.1, -0.05) is 177 Å². The number of rotatable bonds is 4. The van der Waals surface area contributed by atoms with Crippen LogP contribution in [-0.2, 0) is 16.2 Å². The van der Waals surface area contributed by atoms with Crippen molar-refractivity contribution in [2.75, 3.05) is 9.80 Å². The van der Waals surface area contributed by atoms with Crippen molar-refractivity contribution in [3.05, 3.63) is 215 Å². The fourth-order valence-corrected chi connectivity index (χ4v) is 12.6. The van der Waals surface area contributed by atoms with Gasteiger partial charge >= 0.3 is 0 Å². The van der Waals surface area contributed by atoms with E-state index in [0.717, 1.165) is 11.4 Å². The van der Waals surface area contributed by atoms with E-state index >= 15 is 0 Å². The number of hydrogen-bond acceptors (Lipinski definition) is 2. The van der Waals surface area contributed by atoms with Crippen molar-refractivity contribution < 1.29 is 0 Å². The maximum atomic E-state index is 2.62. The molecule has 346 valence electrons. The molecular formula is C67H60BN3. The number of benzene rings is 9. The van der Waals surface area contributed by atoms with Gasteiger partial charge < -0.3 is 14.4 Å². The minimum atomic E-state index is -0.135. The van der Waals surface area contributed by atoms with Crippen molar-refractivity contribution in [2.45, 2.75) is 85.5 Å². The van der Waals surface area contributed by atoms with Gasteiger partial charge in [0.15, 0.2) is 0 Å². The van der Waals surface area contributed by atoms with Gasteiger partial charge in [-0.15, -0.1) is 0 Å². The molecule has 0 amide bonds. The van der Waals surface area contributed by atoms with Crippen LogP contribution in [-0.4, -0.2) is 11.3 Å². The van der Waals surface area contributed by atoms with Crippen LogP contribution in [0.1, 0.15) is 88.8 Å². The molecule has 3 heterocycles. The van der Waals surface area contributed by atoms with E-state index in [2.05, 4.69) is 266 Å². The van der Waals surface area contributed by atoms with Gasteiger partial charge in [-0.2, -0.15) is 0 Å². The Morgan fingerprint density at radius 2 is 1.06 bits per heavy atom. The summed E-state index contributed by atoms with van der Waals surface area (Å²) in [5, 5.41) is 2.53. The van der Waals surface area contributed by atoms with Crippen LogP contribution in [0.25, 0.3) is 49.7 Å². The first-order valence-corrected chi connectivity index (χ1v) is 25.5. The van der Waals surface area contributed by atoms with Gasteiger partial charge in [0.25, 0.3) is 6.71 Å². The molecule has 13 rings (SSSR count). The van der Waals surface area contributed by atoms with Crippen LogP contribution in [0.15, 0.2) is 182 Å². The third kappa shape index (κ3) is 6.42. The minimum Gasteiger partial charge on any atom is -0.311 e. The summed E-state index contributed by atoms with van der Waals surface area (Å²) < 4.78 is 2.47. The molecule has 0 spiro atoms. The summed E-state index contributed by atoms with van der Waals surface area (Å²) in [4.78, 5) is 5.23. The highest BCUT2D eigenvalue weighted by atomic mass is 15.2. The summed E-state index contributed by atoms with van der Waals surface area (Å²) in [6.45, 7) is 23.4. The van der Waals surface area contributed by atoms with Crippen molar-refractivity contribution in [1.29, 1.82) is 0 Å². The van der Waals surface area contributed by atoms with Crippen LogP contribution in [0.2, 0.25) is 0 Å². The lowest BCUT2D eigenvalue weighted by atomic mass is 9.33. The summed E-state index contributed by atoms with van der Waals surface area (Å²) in [5.41, 5.74) is 27.8. The van der Waals surface area contributed by atoms with Gasteiger partial charge in [0.1, 0.15) is 0 Å². The van der Waals surface area contributed by atoms with E-state index < -0.39 is 0 Å². The Kier molecular flexibility index (Phi) is 9.32. The number of fused-ring (bicyclic) bond motifs is 10. The van der Waals surface area contributed by atoms with Crippen LogP contribution in [0.3, 0.4) is 0 Å². The normalized spacial score (nSPS) is 14.4. The van der Waals surface area contributed by atoms with Gasteiger partial charge in [-0.25, -0.2) is 0 Å². The van der Waals surface area contributed by atoms with Gasteiger partial charge in [0.2, 0.25) is 0 Å². The quantitative estimate of drug-likeness (QED) is 0.163. The predicted octanol–water partition coefficient (Wildman–Crippen LogP) is 16.1. The molecule has 0 atom stereocenters. The molecule has 0 bridgehead atoms. The summed E-state index contributed by atoms with van der Waals surface area (Å²) in [6.07, 6.45) is 0. The molecule has 0 fully saturated rings. The van der Waals surface area contributed by atoms with Crippen LogP contribution in [0.4, 0.5) is 34.1 Å². The molecular weight excluding hydrogens is 858 g/mol. The molecule has 9 aromatic carbocycles. The monoisotopic (exact) mass is 917 g/mol. The van der Waals surface area contributed by atoms with E-state index in [9.17, 15) is 0 Å². The molecule has 71 heavy (non-hydrogen) atoms. The highest BCUT2D eigenvalue weighted by molar-refractivity contribution is 7.00. The van der Waals surface area contributed by atoms with Crippen LogP contribution in [0, 0.1) is 13.8 Å². The standard InChI is InChI=1S/C67H60BN3/c1-41-19-18-20-42(2)64(41)71-58-34-30-45(65(3,4)5)36-55(58)68-56-39-52-51-24-15-17-26-57(51)69(47-21-12-11-13-22-47)59(52)40-60(56)70(61-37-46(66(6,7)8)38-62(71)63(61)68)48-31-27-43(28-32-48)44-29-33-50-49-23-14-16-25-53(49)67(9,10)54(50)35-44/h11-40H,1-10H3. The summed E-state index contributed by atoms with van der Waals surface area (Å²) >= 11 is 0. The average Bonchev–Trinajstić information content (AvgIpc) is 3.80. The lowest BCUT2D eigenvalue weighted by molar-refractivity contribution is 0.590. The SMILES string of the molecule is Cc1cccc(C)c1N1c2ccc(C(C)(C)C)cc2B2c3cc4c5ccccc5n(-c5ccccc5)c4cc3N(c3ccc(-c4ccc5c(c4)C(C)(C)c4ccccc4-5)cc3)c3cc(C(C)(C)C)cc1c32. The molecule has 2 aliphatic heterocycles. The molecule has 10 aromatic rings. The van der Waals surface area contributed by atoms with Crippen LogP contribution < -0.4 is 26.2 Å². The third-order valence-corrected chi connectivity index (χ3v) is 16.3. The molecule has 0 radical (unpaired) electrons. The Bertz CT molecular complexity index is 3820. The molecule has 0 unspecified atom stereocenters. The van der Waals surface area contributed by atoms with Crippen molar-refractivity contribution >= 4 is 79.0 Å². The van der Waals surface area contributed by atoms with Crippen molar-refractivity contribution in [3.8, 4) is 27.9 Å². The highest BCUT2D eigenvalue weighted by Gasteiger charge is 2.45. The second kappa shape index (κ2) is 15.2. The summed E-state index contributed by atoms with van der Waals surface area (Å²) in [5.74, 6) is 0. The van der Waals surface area contributed by atoms with E-state index in [1.54, 1.807) is 0 Å². The van der Waals surface area contributed by atoms with Crippen molar-refractivity contribution in [3.63, 3.8) is 0 Å². The van der Waals surface area contributed by atoms with Gasteiger partial charge in [0, 0.05) is 50.3 Å². The van der Waals surface area contributed by atoms with Crippen molar-refractivity contribution in [1.82, 2.24) is 4.57 Å². The number of hydrogen-bond donors (Lipinski definition) is 0. The zero-order valence-corrected chi connectivity index (χ0v) is 42.7. The highest BCUT2D eigenvalue weighted by Crippen LogP contribution is 2.51. The van der Waals surface area contributed by atoms with Crippen molar-refractivity contribution in [2.24, 2.45) is 0 Å². The second-order valence-electron chi connectivity index (χ2n) is 23.1. The largest absolute Gasteiger partial charge is 0.311 e. The number of aromatic nitrogens is 1. The van der Waals surface area contributed by atoms with E-state index in [1.165, 1.54) is 122 Å². The molecule has 3 aliphatic rings. The summed E-state index contributed by atoms with van der Waals surface area (Å²) in [6, 6.07) is 69.6. The third-order valence-electron chi connectivity index (χ3n) is 16.3. The molecule has 1 aliphatic carbocycles. The smallest absolute Gasteiger partial charge is 0.252 e. The Labute approximate surface area is 420 Å². The van der Waals surface area contributed by atoms with E-state index in [1.807, 2.05) is 0 Å². The molecule has 0 N–H and O–H groups in total. The Hall–Kier alpha value is -7.56. The first-order valence-electron chi connectivity index (χ1n) is 25.5. The van der Waals surface area contributed by atoms with E-state index in [-0.39, 0.29) is 23.0 Å². The Morgan fingerprint density at radius 3 is 1.79 bits per heavy atom. The maximum absolute atomic E-state index is 2.62. The number of anilines is 6. The molecule has 1 aromatic heterocycles. The fourth-order valence-electron chi connectivity index (χ4n) is 12.6. The number of aryl methyl sites for hydroxylation is 2.